The van der Waals surface area contributed by atoms with Crippen LogP contribution in [0.5, 0.6) is 0 Å². The maximum atomic E-state index is 12.3. The van der Waals surface area contributed by atoms with Crippen molar-refractivity contribution in [2.24, 2.45) is 0 Å². The van der Waals surface area contributed by atoms with Crippen molar-refractivity contribution >= 4 is 23.6 Å². The highest BCUT2D eigenvalue weighted by molar-refractivity contribution is 5.92. The molecule has 0 fully saturated rings. The third kappa shape index (κ3) is 8.77. The fraction of sp³-hybridized carbons (Fsp3) is 0.348. The molecular weight excluding hydrogens is 382 g/mol. The number of carbonyl (C=O) groups excluding carboxylic acids is 3. The lowest BCUT2D eigenvalue weighted by Gasteiger charge is -2.19. The van der Waals surface area contributed by atoms with Crippen LogP contribution < -0.4 is 16.0 Å². The summed E-state index contributed by atoms with van der Waals surface area (Å²) in [4.78, 5) is 35.8. The second-order valence-corrected chi connectivity index (χ2v) is 8.04. The highest BCUT2D eigenvalue weighted by atomic mass is 16.6. The zero-order chi connectivity index (χ0) is 22.1. The number of carbonyl (C=O) groups is 3. The van der Waals surface area contributed by atoms with Gasteiger partial charge >= 0.3 is 6.09 Å². The van der Waals surface area contributed by atoms with Crippen LogP contribution in [0.4, 0.5) is 10.5 Å². The largest absolute Gasteiger partial charge is 0.444 e. The Kier molecular flexibility index (Phi) is 7.98. The molecule has 2 aromatic carbocycles. The summed E-state index contributed by atoms with van der Waals surface area (Å²) in [6.07, 6.45) is -0.353. The molecule has 7 heteroatoms. The van der Waals surface area contributed by atoms with Crippen LogP contribution in [-0.4, -0.2) is 30.1 Å². The Balaban J connectivity index is 1.79. The summed E-state index contributed by atoms with van der Waals surface area (Å²) in [6, 6.07) is 15.1. The number of hydrogen-bond acceptors (Lipinski definition) is 4. The minimum atomic E-state index is -0.643. The van der Waals surface area contributed by atoms with Crippen molar-refractivity contribution in [2.75, 3.05) is 11.9 Å². The van der Waals surface area contributed by atoms with E-state index < -0.39 is 11.7 Å². The van der Waals surface area contributed by atoms with Gasteiger partial charge in [-0.25, -0.2) is 4.79 Å². The van der Waals surface area contributed by atoms with E-state index in [1.54, 1.807) is 32.9 Å². The Labute approximate surface area is 177 Å². The number of benzene rings is 2. The molecule has 160 valence electrons. The van der Waals surface area contributed by atoms with Crippen molar-refractivity contribution in [3.05, 3.63) is 65.2 Å². The van der Waals surface area contributed by atoms with Gasteiger partial charge in [-0.1, -0.05) is 42.0 Å². The Morgan fingerprint density at radius 1 is 0.900 bits per heavy atom. The molecule has 0 bridgehead atoms. The second kappa shape index (κ2) is 10.4. The lowest BCUT2D eigenvalue weighted by Crippen LogP contribution is -2.39. The highest BCUT2D eigenvalue weighted by Crippen LogP contribution is 2.12. The topological polar surface area (TPSA) is 96.5 Å². The summed E-state index contributed by atoms with van der Waals surface area (Å²) < 4.78 is 5.08. The molecule has 0 saturated carbocycles. The van der Waals surface area contributed by atoms with Gasteiger partial charge in [0.05, 0.1) is 6.42 Å². The average Bonchev–Trinajstić information content (AvgIpc) is 2.65. The van der Waals surface area contributed by atoms with E-state index in [0.29, 0.717) is 5.69 Å². The summed E-state index contributed by atoms with van der Waals surface area (Å²) in [6.45, 7) is 7.34. The van der Waals surface area contributed by atoms with Gasteiger partial charge < -0.3 is 20.7 Å². The van der Waals surface area contributed by atoms with Crippen LogP contribution in [0, 0.1) is 6.92 Å². The lowest BCUT2D eigenvalue weighted by atomic mass is 10.1. The fourth-order valence-electron chi connectivity index (χ4n) is 2.59. The van der Waals surface area contributed by atoms with Crippen molar-refractivity contribution in [1.82, 2.24) is 10.6 Å². The summed E-state index contributed by atoms with van der Waals surface area (Å²) in [5.41, 5.74) is 2.96. The van der Waals surface area contributed by atoms with Crippen LogP contribution in [0.2, 0.25) is 0 Å². The van der Waals surface area contributed by atoms with Gasteiger partial charge in [0.25, 0.3) is 0 Å². The van der Waals surface area contributed by atoms with E-state index in [0.717, 1.165) is 16.7 Å². The van der Waals surface area contributed by atoms with E-state index in [-0.39, 0.29) is 31.3 Å². The van der Waals surface area contributed by atoms with Crippen LogP contribution in [-0.2, 0) is 27.3 Å². The molecule has 2 rings (SSSR count). The molecule has 0 aliphatic carbocycles. The first kappa shape index (κ1) is 22.9. The van der Waals surface area contributed by atoms with E-state index >= 15 is 0 Å². The molecule has 0 unspecified atom stereocenters. The first-order chi connectivity index (χ1) is 14.1. The average molecular weight is 412 g/mol. The van der Waals surface area contributed by atoms with Crippen molar-refractivity contribution in [1.29, 1.82) is 0 Å². The maximum absolute atomic E-state index is 12.3. The molecule has 3 N–H and O–H groups in total. The zero-order valence-corrected chi connectivity index (χ0v) is 17.9. The number of alkyl carbamates (subject to hydrolysis) is 1. The Hall–Kier alpha value is -3.35. The van der Waals surface area contributed by atoms with Crippen LogP contribution in [0.1, 0.15) is 37.5 Å². The normalized spacial score (nSPS) is 10.8. The number of anilines is 1. The number of rotatable bonds is 7. The summed E-state index contributed by atoms with van der Waals surface area (Å²) >= 11 is 0. The Morgan fingerprint density at radius 3 is 2.27 bits per heavy atom. The van der Waals surface area contributed by atoms with E-state index in [4.69, 9.17) is 4.74 Å². The zero-order valence-electron chi connectivity index (χ0n) is 17.9. The molecule has 0 spiro atoms. The minimum absolute atomic E-state index is 0.110. The van der Waals surface area contributed by atoms with Crippen molar-refractivity contribution in [2.45, 2.75) is 46.3 Å². The first-order valence-corrected chi connectivity index (χ1v) is 9.78. The van der Waals surface area contributed by atoms with Gasteiger partial charge in [-0.15, -0.1) is 0 Å². The standard InChI is InChI=1S/C23H29N3O4/c1-16-8-10-17(11-9-16)13-20(27)26-19-7-5-6-18(12-19)14-24-21(28)15-25-22(29)30-23(2,3)4/h5-12H,13-15H2,1-4H3,(H,24,28)(H,25,29)(H,26,27). The number of aryl methyl sites for hydroxylation is 1. The number of ether oxygens (including phenoxy) is 1. The van der Waals surface area contributed by atoms with Gasteiger partial charge in [0.2, 0.25) is 11.8 Å². The van der Waals surface area contributed by atoms with Crippen molar-refractivity contribution in [3.63, 3.8) is 0 Å². The third-order valence-corrected chi connectivity index (χ3v) is 3.98. The third-order valence-electron chi connectivity index (χ3n) is 3.98. The molecule has 0 aliphatic rings. The molecule has 0 atom stereocenters. The van der Waals surface area contributed by atoms with Crippen molar-refractivity contribution < 1.29 is 19.1 Å². The predicted octanol–water partition coefficient (Wildman–Crippen LogP) is 3.32. The molecule has 0 aliphatic heterocycles. The minimum Gasteiger partial charge on any atom is -0.444 e. The molecule has 3 amide bonds. The molecular formula is C23H29N3O4. The van der Waals surface area contributed by atoms with Crippen LogP contribution in [0.25, 0.3) is 0 Å². The number of nitrogens with one attached hydrogen (secondary N) is 3. The lowest BCUT2D eigenvalue weighted by molar-refractivity contribution is -0.120. The van der Waals surface area contributed by atoms with Crippen LogP contribution in [0.15, 0.2) is 48.5 Å². The van der Waals surface area contributed by atoms with E-state index in [1.165, 1.54) is 0 Å². The molecule has 0 aromatic heterocycles. The van der Waals surface area contributed by atoms with Crippen LogP contribution in [0.3, 0.4) is 0 Å². The van der Waals surface area contributed by atoms with Gasteiger partial charge in [-0.05, 0) is 51.0 Å². The molecule has 30 heavy (non-hydrogen) atoms. The second-order valence-electron chi connectivity index (χ2n) is 8.04. The summed E-state index contributed by atoms with van der Waals surface area (Å²) in [7, 11) is 0. The number of hydrogen-bond donors (Lipinski definition) is 3. The molecule has 2 aromatic rings. The van der Waals surface area contributed by atoms with Gasteiger partial charge in [-0.3, -0.25) is 9.59 Å². The monoisotopic (exact) mass is 411 g/mol. The highest BCUT2D eigenvalue weighted by Gasteiger charge is 2.16. The number of amides is 3. The molecule has 7 nitrogen and oxygen atoms in total. The smallest absolute Gasteiger partial charge is 0.408 e. The first-order valence-electron chi connectivity index (χ1n) is 9.78. The van der Waals surface area contributed by atoms with Gasteiger partial charge in [0.15, 0.2) is 0 Å². The maximum Gasteiger partial charge on any atom is 0.408 e. The fourth-order valence-corrected chi connectivity index (χ4v) is 2.59. The Bertz CT molecular complexity index is 886. The molecule has 0 heterocycles. The van der Waals surface area contributed by atoms with Gasteiger partial charge in [0.1, 0.15) is 12.1 Å². The van der Waals surface area contributed by atoms with E-state index in [2.05, 4.69) is 16.0 Å². The van der Waals surface area contributed by atoms with Crippen LogP contribution >= 0.6 is 0 Å². The molecule has 0 saturated heterocycles. The summed E-state index contributed by atoms with van der Waals surface area (Å²) in [5.74, 6) is -0.448. The van der Waals surface area contributed by atoms with Gasteiger partial charge in [-0.2, -0.15) is 0 Å². The van der Waals surface area contributed by atoms with E-state index in [9.17, 15) is 14.4 Å². The van der Waals surface area contributed by atoms with Gasteiger partial charge in [0, 0.05) is 12.2 Å². The summed E-state index contributed by atoms with van der Waals surface area (Å²) in [5, 5.41) is 8.00. The van der Waals surface area contributed by atoms with Crippen molar-refractivity contribution in [3.8, 4) is 0 Å². The quantitative estimate of drug-likeness (QED) is 0.651. The molecule has 0 radical (unpaired) electrons. The van der Waals surface area contributed by atoms with E-state index in [1.807, 2.05) is 43.3 Å². The predicted molar refractivity (Wildman–Crippen MR) is 116 cm³/mol. The Morgan fingerprint density at radius 2 is 1.60 bits per heavy atom. The SMILES string of the molecule is Cc1ccc(CC(=O)Nc2cccc(CNC(=O)CNC(=O)OC(C)(C)C)c2)cc1.